The van der Waals surface area contributed by atoms with Crippen LogP contribution in [-0.4, -0.2) is 31.4 Å². The van der Waals surface area contributed by atoms with E-state index < -0.39 is 5.82 Å². The molecule has 112 valence electrons. The quantitative estimate of drug-likeness (QED) is 0.847. The minimum atomic E-state index is -0.444. The third-order valence-electron chi connectivity index (χ3n) is 3.34. The fraction of sp³-hybridized carbons (Fsp3) is 0.600. The molecule has 1 aliphatic heterocycles. The van der Waals surface area contributed by atoms with Gasteiger partial charge in [0, 0.05) is 25.2 Å². The smallest absolute Gasteiger partial charge is 0.167 e. The van der Waals surface area contributed by atoms with Crippen molar-refractivity contribution in [2.24, 2.45) is 0 Å². The standard InChI is InChI=1S/C15H23FN2O2/c1-14(2)8-18(9-15(3,4)20-14)12-7-13(19-5)10(16)6-11(12)17/h6-7H,8-9,17H2,1-5H3. The molecule has 4 nitrogen and oxygen atoms in total. The van der Waals surface area contributed by atoms with Crippen LogP contribution in [0.3, 0.4) is 0 Å². The first kappa shape index (κ1) is 14.9. The highest BCUT2D eigenvalue weighted by atomic mass is 19.1. The number of rotatable bonds is 2. The number of benzene rings is 1. The Balaban J connectivity index is 2.40. The average molecular weight is 282 g/mol. The lowest BCUT2D eigenvalue weighted by atomic mass is 9.98. The molecule has 0 atom stereocenters. The lowest BCUT2D eigenvalue weighted by Gasteiger charge is -2.48. The zero-order chi connectivity index (χ0) is 15.1. The van der Waals surface area contributed by atoms with E-state index in [9.17, 15) is 4.39 Å². The van der Waals surface area contributed by atoms with Crippen LogP contribution in [0.2, 0.25) is 0 Å². The maximum atomic E-state index is 13.7. The number of methoxy groups -OCH3 is 1. The van der Waals surface area contributed by atoms with Crippen LogP contribution >= 0.6 is 0 Å². The second-order valence-corrected chi connectivity index (χ2v) is 6.52. The summed E-state index contributed by atoms with van der Waals surface area (Å²) < 4.78 is 24.7. The summed E-state index contributed by atoms with van der Waals surface area (Å²) in [7, 11) is 1.45. The lowest BCUT2D eigenvalue weighted by Crippen LogP contribution is -2.57. The Bertz CT molecular complexity index is 499. The van der Waals surface area contributed by atoms with Crippen LogP contribution in [0.1, 0.15) is 27.7 Å². The van der Waals surface area contributed by atoms with Gasteiger partial charge >= 0.3 is 0 Å². The summed E-state index contributed by atoms with van der Waals surface area (Å²) in [6, 6.07) is 2.96. The maximum Gasteiger partial charge on any atom is 0.167 e. The number of nitrogens with zero attached hydrogens (tertiary/aromatic N) is 1. The lowest BCUT2D eigenvalue weighted by molar-refractivity contribution is -0.133. The van der Waals surface area contributed by atoms with Crippen LogP contribution in [0.4, 0.5) is 15.8 Å². The first-order valence-electron chi connectivity index (χ1n) is 6.72. The summed E-state index contributed by atoms with van der Waals surface area (Å²) >= 11 is 0. The minimum Gasteiger partial charge on any atom is -0.494 e. The van der Waals surface area contributed by atoms with Crippen molar-refractivity contribution < 1.29 is 13.9 Å². The predicted molar refractivity (Wildman–Crippen MR) is 78.8 cm³/mol. The number of halogens is 1. The number of nitrogens with two attached hydrogens (primary N) is 1. The third-order valence-corrected chi connectivity index (χ3v) is 3.34. The van der Waals surface area contributed by atoms with Crippen molar-refractivity contribution in [1.29, 1.82) is 0 Å². The zero-order valence-electron chi connectivity index (χ0n) is 12.8. The summed E-state index contributed by atoms with van der Waals surface area (Å²) in [5, 5.41) is 0. The predicted octanol–water partition coefficient (Wildman–Crippen LogP) is 2.81. The Kier molecular flexibility index (Phi) is 3.58. The molecule has 5 heteroatoms. The second-order valence-electron chi connectivity index (χ2n) is 6.52. The monoisotopic (exact) mass is 282 g/mol. The number of morpholine rings is 1. The molecule has 1 aromatic carbocycles. The Morgan fingerprint density at radius 2 is 1.75 bits per heavy atom. The van der Waals surface area contributed by atoms with Crippen LogP contribution < -0.4 is 15.4 Å². The molecule has 0 unspecified atom stereocenters. The summed E-state index contributed by atoms with van der Waals surface area (Å²) in [4.78, 5) is 2.13. The molecular formula is C15H23FN2O2. The van der Waals surface area contributed by atoms with Gasteiger partial charge in [-0.25, -0.2) is 4.39 Å². The molecule has 1 aromatic rings. The van der Waals surface area contributed by atoms with Crippen molar-refractivity contribution in [2.45, 2.75) is 38.9 Å². The topological polar surface area (TPSA) is 47.7 Å². The van der Waals surface area contributed by atoms with E-state index in [1.165, 1.54) is 13.2 Å². The highest BCUT2D eigenvalue weighted by molar-refractivity contribution is 5.70. The largest absolute Gasteiger partial charge is 0.494 e. The second kappa shape index (κ2) is 4.81. The normalized spacial score (nSPS) is 20.8. The molecule has 0 spiro atoms. The first-order valence-corrected chi connectivity index (χ1v) is 6.72. The van der Waals surface area contributed by atoms with Gasteiger partial charge in [-0.15, -0.1) is 0 Å². The summed E-state index contributed by atoms with van der Waals surface area (Å²) in [6.07, 6.45) is 0. The first-order chi connectivity index (χ1) is 9.13. The number of hydrogen-bond acceptors (Lipinski definition) is 4. The summed E-state index contributed by atoms with van der Waals surface area (Å²) in [5.41, 5.74) is 6.58. The van der Waals surface area contributed by atoms with Crippen molar-refractivity contribution in [1.82, 2.24) is 0 Å². The average Bonchev–Trinajstić information content (AvgIpc) is 2.24. The van der Waals surface area contributed by atoms with Crippen LogP contribution in [0.25, 0.3) is 0 Å². The highest BCUT2D eigenvalue weighted by Crippen LogP contribution is 2.36. The SMILES string of the molecule is COc1cc(N2CC(C)(C)OC(C)(C)C2)c(N)cc1F. The molecule has 0 aliphatic carbocycles. The van der Waals surface area contributed by atoms with E-state index in [0.29, 0.717) is 18.8 Å². The maximum absolute atomic E-state index is 13.7. The molecule has 0 bridgehead atoms. The van der Waals surface area contributed by atoms with Crippen molar-refractivity contribution >= 4 is 11.4 Å². The van der Waals surface area contributed by atoms with E-state index in [4.69, 9.17) is 15.2 Å². The fourth-order valence-corrected chi connectivity index (χ4v) is 2.95. The molecule has 0 saturated carbocycles. The van der Waals surface area contributed by atoms with Gasteiger partial charge in [-0.05, 0) is 27.7 Å². The fourth-order valence-electron chi connectivity index (χ4n) is 2.95. The molecule has 0 amide bonds. The number of hydrogen-bond donors (Lipinski definition) is 1. The van der Waals surface area contributed by atoms with Crippen molar-refractivity contribution in [3.05, 3.63) is 17.9 Å². The third kappa shape index (κ3) is 2.98. The Hall–Kier alpha value is -1.49. The molecule has 20 heavy (non-hydrogen) atoms. The van der Waals surface area contributed by atoms with Gasteiger partial charge in [0.25, 0.3) is 0 Å². The van der Waals surface area contributed by atoms with Crippen LogP contribution in [0.15, 0.2) is 12.1 Å². The zero-order valence-corrected chi connectivity index (χ0v) is 12.8. The van der Waals surface area contributed by atoms with E-state index in [1.807, 2.05) is 27.7 Å². The van der Waals surface area contributed by atoms with Gasteiger partial charge < -0.3 is 20.1 Å². The van der Waals surface area contributed by atoms with E-state index in [1.54, 1.807) is 6.07 Å². The van der Waals surface area contributed by atoms with Gasteiger partial charge in [0.15, 0.2) is 11.6 Å². The van der Waals surface area contributed by atoms with Crippen LogP contribution in [-0.2, 0) is 4.74 Å². The van der Waals surface area contributed by atoms with E-state index >= 15 is 0 Å². The number of nitrogen functional groups attached to an aromatic ring is 1. The minimum absolute atomic E-state index is 0.205. The molecule has 0 aromatic heterocycles. The molecule has 1 aliphatic rings. The van der Waals surface area contributed by atoms with E-state index in [0.717, 1.165) is 5.69 Å². The molecule has 1 fully saturated rings. The molecule has 2 N–H and O–H groups in total. The summed E-state index contributed by atoms with van der Waals surface area (Å²) in [6.45, 7) is 9.54. The van der Waals surface area contributed by atoms with Gasteiger partial charge in [-0.2, -0.15) is 0 Å². The molecule has 1 heterocycles. The molecule has 0 radical (unpaired) electrons. The van der Waals surface area contributed by atoms with Crippen LogP contribution in [0.5, 0.6) is 5.75 Å². The van der Waals surface area contributed by atoms with Crippen LogP contribution in [0, 0.1) is 5.82 Å². The Labute approximate surface area is 119 Å². The van der Waals surface area contributed by atoms with Gasteiger partial charge in [0.1, 0.15) is 0 Å². The van der Waals surface area contributed by atoms with Gasteiger partial charge in [0.2, 0.25) is 0 Å². The van der Waals surface area contributed by atoms with Crippen molar-refractivity contribution in [2.75, 3.05) is 30.8 Å². The molecule has 1 saturated heterocycles. The Morgan fingerprint density at radius 3 is 2.25 bits per heavy atom. The van der Waals surface area contributed by atoms with E-state index in [-0.39, 0.29) is 17.0 Å². The van der Waals surface area contributed by atoms with Crippen molar-refractivity contribution in [3.63, 3.8) is 0 Å². The van der Waals surface area contributed by atoms with E-state index in [2.05, 4.69) is 4.90 Å². The Morgan fingerprint density at radius 1 is 1.20 bits per heavy atom. The van der Waals surface area contributed by atoms with Gasteiger partial charge in [-0.1, -0.05) is 0 Å². The van der Waals surface area contributed by atoms with Crippen molar-refractivity contribution in [3.8, 4) is 5.75 Å². The molecular weight excluding hydrogens is 259 g/mol. The van der Waals surface area contributed by atoms with Gasteiger partial charge in [-0.3, -0.25) is 0 Å². The van der Waals surface area contributed by atoms with Gasteiger partial charge in [0.05, 0.1) is 29.7 Å². The number of anilines is 2. The molecule has 2 rings (SSSR count). The summed E-state index contributed by atoms with van der Waals surface area (Å²) in [5.74, 6) is -0.239. The number of ether oxygens (including phenoxy) is 2. The highest BCUT2D eigenvalue weighted by Gasteiger charge is 2.38.